The molecule has 10 heteroatoms. The van der Waals surface area contributed by atoms with Gasteiger partial charge in [0.1, 0.15) is 0 Å². The fraction of sp³-hybridized carbons (Fsp3) is 0.882. The Morgan fingerprint density at radius 2 is 1.19 bits per heavy atom. The molecule has 0 bridgehead atoms. The maximum absolute atomic E-state index is 11.6. The molecule has 0 saturated heterocycles. The lowest BCUT2D eigenvalue weighted by molar-refractivity contribution is -0.126. The van der Waals surface area contributed by atoms with Gasteiger partial charge in [-0.05, 0) is 39.5 Å². The highest BCUT2D eigenvalue weighted by molar-refractivity contribution is 7.92. The molecule has 2 rings (SSSR count). The molecule has 0 aromatic carbocycles. The summed E-state index contributed by atoms with van der Waals surface area (Å²) in [5, 5.41) is 0. The second kappa shape index (κ2) is 7.35. The smallest absolute Gasteiger partial charge is 0.240 e. The maximum Gasteiger partial charge on any atom is 0.240 e. The molecule has 162 valence electrons. The molecule has 0 aromatic rings. The van der Waals surface area contributed by atoms with Gasteiger partial charge in [0.2, 0.25) is 31.9 Å². The van der Waals surface area contributed by atoms with Crippen LogP contribution < -0.4 is 9.44 Å². The van der Waals surface area contributed by atoms with Gasteiger partial charge in [-0.15, -0.1) is 0 Å². The van der Waals surface area contributed by atoms with Crippen LogP contribution >= 0.6 is 0 Å². The Labute approximate surface area is 165 Å². The monoisotopic (exact) mass is 428 g/mol. The molecule has 8 nitrogen and oxygen atoms in total. The fourth-order valence-corrected chi connectivity index (χ4v) is 4.48. The number of nitrogens with one attached hydrogen (secondary N) is 2. The van der Waals surface area contributed by atoms with Crippen molar-refractivity contribution in [1.82, 2.24) is 9.44 Å². The normalized spacial score (nSPS) is 20.1. The summed E-state index contributed by atoms with van der Waals surface area (Å²) in [7, 11) is -6.90. The van der Waals surface area contributed by atoms with Gasteiger partial charge in [0.25, 0.3) is 0 Å². The summed E-state index contributed by atoms with van der Waals surface area (Å²) >= 11 is 0. The molecule has 0 spiro atoms. The number of amides is 2. The molecule has 0 heterocycles. The molecule has 2 aliphatic carbocycles. The lowest BCUT2D eigenvalue weighted by atomic mass is 9.96. The first-order chi connectivity index (χ1) is 11.9. The summed E-state index contributed by atoms with van der Waals surface area (Å²) in [6, 6.07) is 0. The highest BCUT2D eigenvalue weighted by Gasteiger charge is 2.51. The minimum Gasteiger partial charge on any atom is -0.274 e. The second-order valence-corrected chi connectivity index (χ2v) is 13.6. The van der Waals surface area contributed by atoms with E-state index in [-0.39, 0.29) is 8.77 Å². The molecule has 0 radical (unpaired) electrons. The van der Waals surface area contributed by atoms with E-state index in [1.165, 1.54) is 0 Å². The van der Waals surface area contributed by atoms with E-state index >= 15 is 0 Å². The van der Waals surface area contributed by atoms with Gasteiger partial charge >= 0.3 is 0 Å². The molecule has 0 aliphatic heterocycles. The molecule has 0 atom stereocenters. The molecular formula is C17H36N2O6S2. The van der Waals surface area contributed by atoms with Crippen LogP contribution in [-0.4, -0.2) is 38.1 Å². The summed E-state index contributed by atoms with van der Waals surface area (Å²) in [6.07, 6.45) is 2.57. The molecular weight excluding hydrogens is 392 g/mol. The molecule has 0 aromatic heterocycles. The van der Waals surface area contributed by atoms with Crippen molar-refractivity contribution in [2.75, 3.05) is 0 Å². The van der Waals surface area contributed by atoms with Crippen LogP contribution in [0.4, 0.5) is 0 Å². The topological polar surface area (TPSA) is 126 Å². The van der Waals surface area contributed by atoms with Crippen molar-refractivity contribution in [3.63, 3.8) is 0 Å². The quantitative estimate of drug-likeness (QED) is 0.691. The number of carbonyl (C=O) groups is 2. The third-order valence-corrected chi connectivity index (χ3v) is 9.21. The van der Waals surface area contributed by atoms with Crippen molar-refractivity contribution in [2.24, 2.45) is 11.3 Å². The first-order valence-electron chi connectivity index (χ1n) is 9.00. The van der Waals surface area contributed by atoms with Crippen molar-refractivity contribution >= 4 is 31.9 Å². The van der Waals surface area contributed by atoms with Crippen molar-refractivity contribution in [3.8, 4) is 0 Å². The Hall–Kier alpha value is -1.16. The average Bonchev–Trinajstić information content (AvgIpc) is 3.37. The predicted octanol–water partition coefficient (Wildman–Crippen LogP) is 2.16. The number of sulfonamides is 2. The van der Waals surface area contributed by atoms with Crippen molar-refractivity contribution in [3.05, 3.63) is 0 Å². The van der Waals surface area contributed by atoms with E-state index in [1.54, 1.807) is 48.5 Å². The number of hydrogen-bond acceptors (Lipinski definition) is 6. The Bertz CT molecular complexity index is 809. The lowest BCUT2D eigenvalue weighted by Crippen LogP contribution is -2.43. The summed E-state index contributed by atoms with van der Waals surface area (Å²) < 4.78 is 49.1. The zero-order valence-electron chi connectivity index (χ0n) is 17.2. The van der Waals surface area contributed by atoms with Gasteiger partial charge in [0.05, 0.1) is 9.49 Å². The van der Waals surface area contributed by atoms with Gasteiger partial charge in [0.15, 0.2) is 0 Å². The van der Waals surface area contributed by atoms with Crippen LogP contribution in [0.2, 0.25) is 0 Å². The minimum atomic E-state index is -3.47. The van der Waals surface area contributed by atoms with Crippen LogP contribution in [0.5, 0.6) is 0 Å². The third kappa shape index (κ3) is 5.91. The van der Waals surface area contributed by atoms with Crippen LogP contribution in [0.1, 0.15) is 77.0 Å². The molecule has 2 fully saturated rings. The predicted molar refractivity (Wildman–Crippen MR) is 108 cm³/mol. The van der Waals surface area contributed by atoms with E-state index in [4.69, 9.17) is 0 Å². The van der Waals surface area contributed by atoms with Gasteiger partial charge in [-0.25, -0.2) is 16.8 Å². The first-order valence-corrected chi connectivity index (χ1v) is 12.0. The maximum atomic E-state index is 11.6. The lowest BCUT2D eigenvalue weighted by Gasteiger charge is -2.19. The number of hydrogen-bond donors (Lipinski definition) is 2. The highest BCUT2D eigenvalue weighted by Crippen LogP contribution is 2.43. The SMILES string of the molecule is CC(C)(C)C(=O)NS(=O)(=O)C1(C)CC1.CC(C)C(=O)NS(=O)(=O)C1(C)CC1.[HH].[HH]. The van der Waals surface area contributed by atoms with Crippen LogP contribution in [0.15, 0.2) is 0 Å². The average molecular weight is 429 g/mol. The van der Waals surface area contributed by atoms with E-state index in [1.807, 2.05) is 0 Å². The Morgan fingerprint density at radius 1 is 0.852 bits per heavy atom. The van der Waals surface area contributed by atoms with E-state index < -0.39 is 46.8 Å². The highest BCUT2D eigenvalue weighted by atomic mass is 32.2. The summed E-state index contributed by atoms with van der Waals surface area (Å²) in [4.78, 5) is 22.6. The van der Waals surface area contributed by atoms with E-state index in [2.05, 4.69) is 9.44 Å². The van der Waals surface area contributed by atoms with Gasteiger partial charge in [-0.3, -0.25) is 19.0 Å². The van der Waals surface area contributed by atoms with Gasteiger partial charge in [-0.2, -0.15) is 0 Å². The number of rotatable bonds is 5. The second-order valence-electron chi connectivity index (χ2n) is 9.21. The fourth-order valence-electron chi connectivity index (χ4n) is 1.66. The summed E-state index contributed by atoms with van der Waals surface area (Å²) in [5.74, 6) is -1.16. The van der Waals surface area contributed by atoms with E-state index in [0.717, 1.165) is 0 Å². The summed E-state index contributed by atoms with van der Waals surface area (Å²) in [6.45, 7) is 11.7. The summed E-state index contributed by atoms with van der Waals surface area (Å²) in [5.41, 5.74) is -0.668. The number of carbonyl (C=O) groups excluding carboxylic acids is 2. The van der Waals surface area contributed by atoms with E-state index in [9.17, 15) is 26.4 Å². The molecule has 2 N–H and O–H groups in total. The van der Waals surface area contributed by atoms with Crippen molar-refractivity contribution < 1.29 is 29.3 Å². The molecule has 2 amide bonds. The van der Waals surface area contributed by atoms with Crippen molar-refractivity contribution in [2.45, 2.75) is 83.6 Å². The zero-order valence-corrected chi connectivity index (χ0v) is 18.8. The Kier molecular flexibility index (Phi) is 6.50. The molecule has 2 saturated carbocycles. The van der Waals surface area contributed by atoms with Gasteiger partial charge in [0, 0.05) is 14.2 Å². The molecule has 2 aliphatic rings. The Balaban J connectivity index is 0. The van der Waals surface area contributed by atoms with Gasteiger partial charge < -0.3 is 0 Å². The van der Waals surface area contributed by atoms with E-state index in [0.29, 0.717) is 25.7 Å². The minimum absolute atomic E-state index is 0. The molecule has 0 unspecified atom stereocenters. The van der Waals surface area contributed by atoms with Crippen LogP contribution in [-0.2, 0) is 29.6 Å². The van der Waals surface area contributed by atoms with Crippen LogP contribution in [0.25, 0.3) is 0 Å². The van der Waals surface area contributed by atoms with Crippen molar-refractivity contribution in [1.29, 1.82) is 0 Å². The first kappa shape index (κ1) is 23.9. The molecule has 27 heavy (non-hydrogen) atoms. The Morgan fingerprint density at radius 3 is 1.44 bits per heavy atom. The van der Waals surface area contributed by atoms with Gasteiger partial charge in [-0.1, -0.05) is 34.6 Å². The standard InChI is InChI=1S/C9H17NO3S.C8H15NO3S.2H2/c1-8(2,3)7(11)10-14(12,13)9(4)5-6-9;1-6(2)7(10)9-13(11,12)8(3)4-5-8;;/h5-6H2,1-4H3,(H,10,11);6H,4-5H2,1-3H3,(H,9,10);2*1H. The van der Waals surface area contributed by atoms with Crippen LogP contribution in [0.3, 0.4) is 0 Å². The third-order valence-electron chi connectivity index (χ3n) is 4.87. The van der Waals surface area contributed by atoms with Crippen LogP contribution in [0, 0.1) is 11.3 Å². The largest absolute Gasteiger partial charge is 0.274 e. The zero-order chi connectivity index (χ0) is 21.5.